The van der Waals surface area contributed by atoms with Gasteiger partial charge in [0, 0.05) is 12.6 Å². The van der Waals surface area contributed by atoms with Crippen molar-refractivity contribution in [1.29, 1.82) is 5.26 Å². The summed E-state index contributed by atoms with van der Waals surface area (Å²) in [5.74, 6) is 0. The normalized spacial score (nSPS) is 22.2. The molecule has 0 saturated carbocycles. The Bertz CT molecular complexity index is 206. The molecule has 0 aliphatic carbocycles. The van der Waals surface area contributed by atoms with Gasteiger partial charge in [0.15, 0.2) is 0 Å². The van der Waals surface area contributed by atoms with E-state index in [9.17, 15) is 0 Å². The summed E-state index contributed by atoms with van der Waals surface area (Å²) in [6.45, 7) is 2.97. The zero-order valence-electron chi connectivity index (χ0n) is 8.91. The van der Waals surface area contributed by atoms with Gasteiger partial charge in [-0.05, 0) is 40.0 Å². The quantitative estimate of drug-likeness (QED) is 0.662. The van der Waals surface area contributed by atoms with E-state index >= 15 is 0 Å². The van der Waals surface area contributed by atoms with Gasteiger partial charge in [0.05, 0.1) is 6.07 Å². The predicted octanol–water partition coefficient (Wildman–Crippen LogP) is 1.14. The Balaban J connectivity index is 2.31. The number of nitriles is 1. The molecule has 1 aliphatic rings. The third-order valence-electron chi connectivity index (χ3n) is 2.90. The molecular formula is C10H18ClN3. The number of hydrogen-bond acceptors (Lipinski definition) is 3. The first-order valence-corrected chi connectivity index (χ1v) is 5.49. The van der Waals surface area contributed by atoms with Crippen molar-refractivity contribution in [2.45, 2.75) is 24.3 Å². The summed E-state index contributed by atoms with van der Waals surface area (Å²) < 4.78 is 0. The van der Waals surface area contributed by atoms with E-state index in [1.54, 1.807) is 0 Å². The molecule has 0 N–H and O–H groups in total. The van der Waals surface area contributed by atoms with Gasteiger partial charge in [-0.1, -0.05) is 0 Å². The first-order chi connectivity index (χ1) is 6.63. The van der Waals surface area contributed by atoms with Gasteiger partial charge in [-0.25, -0.2) is 0 Å². The molecule has 4 heteroatoms. The van der Waals surface area contributed by atoms with Gasteiger partial charge in [0.2, 0.25) is 0 Å². The van der Waals surface area contributed by atoms with Crippen molar-refractivity contribution in [2.75, 3.05) is 33.7 Å². The van der Waals surface area contributed by atoms with Gasteiger partial charge in [0.1, 0.15) is 5.38 Å². The first-order valence-electron chi connectivity index (χ1n) is 5.06. The average Bonchev–Trinajstić information content (AvgIpc) is 2.18. The van der Waals surface area contributed by atoms with Gasteiger partial charge in [-0.2, -0.15) is 5.26 Å². The molecule has 0 radical (unpaired) electrons. The molecule has 1 rings (SSSR count). The highest BCUT2D eigenvalue weighted by atomic mass is 35.5. The molecule has 0 spiro atoms. The Hall–Kier alpha value is -0.300. The first kappa shape index (κ1) is 11.8. The van der Waals surface area contributed by atoms with Crippen molar-refractivity contribution in [3.8, 4) is 6.07 Å². The van der Waals surface area contributed by atoms with Crippen LogP contribution < -0.4 is 0 Å². The van der Waals surface area contributed by atoms with E-state index in [1.165, 1.54) is 12.8 Å². The number of piperidine rings is 1. The standard InChI is InChI=1S/C10H18ClN3/c1-13-5-3-10(4-6-13)14(2)8-9(11)7-12/h9-10H,3-6,8H2,1-2H3. The second-order valence-corrected chi connectivity index (χ2v) is 4.60. The zero-order chi connectivity index (χ0) is 10.6. The summed E-state index contributed by atoms with van der Waals surface area (Å²) in [6.07, 6.45) is 2.37. The fourth-order valence-corrected chi connectivity index (χ4v) is 2.10. The minimum Gasteiger partial charge on any atom is -0.306 e. The molecule has 0 aromatic heterocycles. The number of halogens is 1. The minimum absolute atomic E-state index is 0.375. The molecule has 0 aromatic rings. The zero-order valence-corrected chi connectivity index (χ0v) is 9.67. The molecule has 0 amide bonds. The number of alkyl halides is 1. The molecule has 14 heavy (non-hydrogen) atoms. The summed E-state index contributed by atoms with van der Waals surface area (Å²) in [6, 6.07) is 2.66. The molecule has 1 unspecified atom stereocenters. The third-order valence-corrected chi connectivity index (χ3v) is 3.14. The van der Waals surface area contributed by atoms with Crippen molar-refractivity contribution < 1.29 is 0 Å². The Labute approximate surface area is 91.2 Å². The molecule has 1 fully saturated rings. The van der Waals surface area contributed by atoms with Crippen molar-refractivity contribution >= 4 is 11.6 Å². The molecular weight excluding hydrogens is 198 g/mol. The van der Waals surface area contributed by atoms with Gasteiger partial charge >= 0.3 is 0 Å². The fraction of sp³-hybridized carbons (Fsp3) is 0.900. The van der Waals surface area contributed by atoms with E-state index in [-0.39, 0.29) is 5.38 Å². The molecule has 1 heterocycles. The lowest BCUT2D eigenvalue weighted by molar-refractivity contribution is 0.147. The highest BCUT2D eigenvalue weighted by molar-refractivity contribution is 6.22. The summed E-state index contributed by atoms with van der Waals surface area (Å²) in [4.78, 5) is 4.56. The van der Waals surface area contributed by atoms with Crippen molar-refractivity contribution in [2.24, 2.45) is 0 Å². The minimum atomic E-state index is -0.375. The Morgan fingerprint density at radius 2 is 2.14 bits per heavy atom. The largest absolute Gasteiger partial charge is 0.306 e. The smallest absolute Gasteiger partial charge is 0.133 e. The monoisotopic (exact) mass is 215 g/mol. The number of hydrogen-bond donors (Lipinski definition) is 0. The predicted molar refractivity (Wildman–Crippen MR) is 58.4 cm³/mol. The Morgan fingerprint density at radius 1 is 1.57 bits per heavy atom. The maximum Gasteiger partial charge on any atom is 0.133 e. The SMILES string of the molecule is CN1CCC(N(C)CC(Cl)C#N)CC1. The van der Waals surface area contributed by atoms with Crippen LogP contribution in [0.2, 0.25) is 0 Å². The molecule has 1 aliphatic heterocycles. The summed E-state index contributed by atoms with van der Waals surface area (Å²) in [5, 5.41) is 8.23. The van der Waals surface area contributed by atoms with Gasteiger partial charge in [-0.15, -0.1) is 11.6 Å². The van der Waals surface area contributed by atoms with Crippen LogP contribution in [0.25, 0.3) is 0 Å². The summed E-state index contributed by atoms with van der Waals surface area (Å²) in [5.41, 5.74) is 0. The number of nitrogens with zero attached hydrogens (tertiary/aromatic N) is 3. The molecule has 1 atom stereocenters. The lowest BCUT2D eigenvalue weighted by Crippen LogP contribution is -2.43. The average molecular weight is 216 g/mol. The van der Waals surface area contributed by atoms with Crippen molar-refractivity contribution in [1.82, 2.24) is 9.80 Å². The van der Waals surface area contributed by atoms with Crippen LogP contribution >= 0.6 is 11.6 Å². The van der Waals surface area contributed by atoms with E-state index < -0.39 is 0 Å². The Morgan fingerprint density at radius 3 is 2.64 bits per heavy atom. The highest BCUT2D eigenvalue weighted by Crippen LogP contribution is 2.14. The topological polar surface area (TPSA) is 30.3 Å². The van der Waals surface area contributed by atoms with E-state index in [4.69, 9.17) is 16.9 Å². The molecule has 1 saturated heterocycles. The molecule has 0 aromatic carbocycles. The van der Waals surface area contributed by atoms with Crippen LogP contribution in [0.5, 0.6) is 0 Å². The van der Waals surface area contributed by atoms with Crippen LogP contribution in [-0.4, -0.2) is 54.9 Å². The second-order valence-electron chi connectivity index (χ2n) is 4.07. The van der Waals surface area contributed by atoms with Gasteiger partial charge in [-0.3, -0.25) is 0 Å². The van der Waals surface area contributed by atoms with E-state index in [0.717, 1.165) is 13.1 Å². The maximum absolute atomic E-state index is 8.61. The molecule has 3 nitrogen and oxygen atoms in total. The second kappa shape index (κ2) is 5.55. The van der Waals surface area contributed by atoms with Crippen LogP contribution in [0.15, 0.2) is 0 Å². The van der Waals surface area contributed by atoms with E-state index in [0.29, 0.717) is 12.6 Å². The van der Waals surface area contributed by atoms with Crippen molar-refractivity contribution in [3.05, 3.63) is 0 Å². The lowest BCUT2D eigenvalue weighted by atomic mass is 10.0. The van der Waals surface area contributed by atoms with Crippen molar-refractivity contribution in [3.63, 3.8) is 0 Å². The molecule has 80 valence electrons. The van der Waals surface area contributed by atoms with Gasteiger partial charge < -0.3 is 9.80 Å². The highest BCUT2D eigenvalue weighted by Gasteiger charge is 2.21. The lowest BCUT2D eigenvalue weighted by Gasteiger charge is -2.35. The van der Waals surface area contributed by atoms with Crippen LogP contribution in [0.3, 0.4) is 0 Å². The summed E-state index contributed by atoms with van der Waals surface area (Å²) in [7, 11) is 4.21. The van der Waals surface area contributed by atoms with Crippen LogP contribution in [0.4, 0.5) is 0 Å². The van der Waals surface area contributed by atoms with E-state index in [1.807, 2.05) is 0 Å². The fourth-order valence-electron chi connectivity index (χ4n) is 1.88. The van der Waals surface area contributed by atoms with Gasteiger partial charge in [0.25, 0.3) is 0 Å². The van der Waals surface area contributed by atoms with Crippen LogP contribution in [-0.2, 0) is 0 Å². The molecule has 0 bridgehead atoms. The number of likely N-dealkylation sites (tertiary alicyclic amines) is 1. The summed E-state index contributed by atoms with van der Waals surface area (Å²) >= 11 is 5.79. The van der Waals surface area contributed by atoms with E-state index in [2.05, 4.69) is 30.0 Å². The van der Waals surface area contributed by atoms with Crippen LogP contribution in [0, 0.1) is 11.3 Å². The van der Waals surface area contributed by atoms with Crippen LogP contribution in [0.1, 0.15) is 12.8 Å². The third kappa shape index (κ3) is 3.45. The Kier molecular flexibility index (Phi) is 4.67. The number of rotatable bonds is 3. The maximum atomic E-state index is 8.61.